The van der Waals surface area contributed by atoms with Crippen molar-refractivity contribution in [3.05, 3.63) is 28.7 Å². The quantitative estimate of drug-likeness (QED) is 0.647. The van der Waals surface area contributed by atoms with E-state index in [0.717, 1.165) is 21.6 Å². The number of H-pyrrole nitrogens is 1. The molecule has 1 amide bonds. The molecule has 0 bridgehead atoms. The second-order valence-electron chi connectivity index (χ2n) is 3.78. The lowest BCUT2D eigenvalue weighted by atomic mass is 10.2. The van der Waals surface area contributed by atoms with Crippen LogP contribution in [0.3, 0.4) is 0 Å². The first-order valence-electron chi connectivity index (χ1n) is 5.71. The molecule has 0 fully saturated rings. The molecule has 0 saturated carbocycles. The van der Waals surface area contributed by atoms with Gasteiger partial charge in [-0.15, -0.1) is 5.10 Å². The fourth-order valence-electron chi connectivity index (χ4n) is 1.45. The number of hydrogen-bond donors (Lipinski definition) is 2. The summed E-state index contributed by atoms with van der Waals surface area (Å²) in [5.74, 6) is 1.45. The molecule has 0 aliphatic rings. The maximum atomic E-state index is 10.7. The third kappa shape index (κ3) is 4.07. The third-order valence-electron chi connectivity index (χ3n) is 2.30. The van der Waals surface area contributed by atoms with Crippen LogP contribution < -0.4 is 5.32 Å². The smallest absolute Gasteiger partial charge is 0.216 e. The number of thioether (sulfide) groups is 1. The van der Waals surface area contributed by atoms with Crippen molar-refractivity contribution in [2.24, 2.45) is 0 Å². The molecule has 1 aromatic carbocycles. The number of amides is 1. The van der Waals surface area contributed by atoms with E-state index >= 15 is 0 Å². The van der Waals surface area contributed by atoms with Crippen LogP contribution in [0.15, 0.2) is 33.9 Å². The molecular formula is C12H13BrN4OS. The number of aromatic nitrogens is 3. The zero-order valence-corrected chi connectivity index (χ0v) is 12.7. The van der Waals surface area contributed by atoms with Crippen LogP contribution in [0, 0.1) is 0 Å². The number of benzene rings is 1. The average molecular weight is 341 g/mol. The lowest BCUT2D eigenvalue weighted by Crippen LogP contribution is -2.22. The van der Waals surface area contributed by atoms with Crippen LogP contribution in [0.2, 0.25) is 0 Å². The summed E-state index contributed by atoms with van der Waals surface area (Å²) in [6.45, 7) is 2.11. The Hall–Kier alpha value is -1.34. The van der Waals surface area contributed by atoms with Gasteiger partial charge in [0.25, 0.3) is 0 Å². The van der Waals surface area contributed by atoms with Gasteiger partial charge in [0.15, 0.2) is 5.82 Å². The molecular weight excluding hydrogens is 328 g/mol. The molecule has 100 valence electrons. The van der Waals surface area contributed by atoms with Gasteiger partial charge in [-0.2, -0.15) is 0 Å². The van der Waals surface area contributed by atoms with Crippen molar-refractivity contribution in [1.29, 1.82) is 0 Å². The SMILES string of the molecule is CC(=O)NCCSc1n[nH]c(-c2ccccc2Br)n1. The fraction of sp³-hybridized carbons (Fsp3) is 0.250. The van der Waals surface area contributed by atoms with Crippen LogP contribution >= 0.6 is 27.7 Å². The summed E-state index contributed by atoms with van der Waals surface area (Å²) < 4.78 is 0.973. The number of carbonyl (C=O) groups excluding carboxylic acids is 1. The van der Waals surface area contributed by atoms with Crippen LogP contribution in [-0.4, -0.2) is 33.4 Å². The minimum atomic E-state index is -0.0236. The first-order valence-corrected chi connectivity index (χ1v) is 7.49. The van der Waals surface area contributed by atoms with Crippen molar-refractivity contribution >= 4 is 33.6 Å². The van der Waals surface area contributed by atoms with Gasteiger partial charge in [-0.25, -0.2) is 4.98 Å². The molecule has 1 aromatic heterocycles. The second-order valence-corrected chi connectivity index (χ2v) is 5.69. The molecule has 2 aromatic rings. The molecule has 2 N–H and O–H groups in total. The van der Waals surface area contributed by atoms with Crippen molar-refractivity contribution in [1.82, 2.24) is 20.5 Å². The zero-order chi connectivity index (χ0) is 13.7. The van der Waals surface area contributed by atoms with E-state index in [9.17, 15) is 4.79 Å². The van der Waals surface area contributed by atoms with E-state index in [0.29, 0.717) is 11.7 Å². The van der Waals surface area contributed by atoms with Crippen LogP contribution in [0.25, 0.3) is 11.4 Å². The topological polar surface area (TPSA) is 70.7 Å². The Morgan fingerprint density at radius 3 is 3.00 bits per heavy atom. The number of rotatable bonds is 5. The molecule has 2 rings (SSSR count). The van der Waals surface area contributed by atoms with Gasteiger partial charge < -0.3 is 5.32 Å². The van der Waals surface area contributed by atoms with Gasteiger partial charge >= 0.3 is 0 Å². The van der Waals surface area contributed by atoms with E-state index in [1.165, 1.54) is 18.7 Å². The first-order chi connectivity index (χ1) is 9.16. The Labute approximate surface area is 123 Å². The average Bonchev–Trinajstić information content (AvgIpc) is 2.83. The zero-order valence-electron chi connectivity index (χ0n) is 10.3. The van der Waals surface area contributed by atoms with Gasteiger partial charge in [-0.1, -0.05) is 45.9 Å². The molecule has 0 atom stereocenters. The molecule has 0 radical (unpaired) electrons. The van der Waals surface area contributed by atoms with Crippen LogP contribution in [0.1, 0.15) is 6.92 Å². The highest BCUT2D eigenvalue weighted by atomic mass is 79.9. The molecule has 1 heterocycles. The molecule has 0 spiro atoms. The molecule has 5 nitrogen and oxygen atoms in total. The highest BCUT2D eigenvalue weighted by Crippen LogP contribution is 2.26. The Bertz CT molecular complexity index is 572. The molecule has 0 saturated heterocycles. The first kappa shape index (κ1) is 14.1. The number of nitrogens with one attached hydrogen (secondary N) is 2. The Balaban J connectivity index is 1.96. The van der Waals surface area contributed by atoms with E-state index in [4.69, 9.17) is 0 Å². The monoisotopic (exact) mass is 340 g/mol. The minimum Gasteiger partial charge on any atom is -0.356 e. The number of hydrogen-bond acceptors (Lipinski definition) is 4. The normalized spacial score (nSPS) is 10.4. The molecule has 0 unspecified atom stereocenters. The highest BCUT2D eigenvalue weighted by molar-refractivity contribution is 9.10. The second kappa shape index (κ2) is 6.72. The van der Waals surface area contributed by atoms with Gasteiger partial charge in [0.05, 0.1) is 0 Å². The Morgan fingerprint density at radius 2 is 2.26 bits per heavy atom. The maximum absolute atomic E-state index is 10.7. The van der Waals surface area contributed by atoms with Crippen LogP contribution in [0.5, 0.6) is 0 Å². The van der Waals surface area contributed by atoms with Crippen LogP contribution in [-0.2, 0) is 4.79 Å². The van der Waals surface area contributed by atoms with Gasteiger partial charge in [0.2, 0.25) is 11.1 Å². The number of carbonyl (C=O) groups is 1. The van der Waals surface area contributed by atoms with Gasteiger partial charge in [-0.3, -0.25) is 9.89 Å². The molecule has 0 aliphatic carbocycles. The summed E-state index contributed by atoms with van der Waals surface area (Å²) in [6, 6.07) is 7.83. The predicted molar refractivity (Wildman–Crippen MR) is 78.9 cm³/mol. The van der Waals surface area contributed by atoms with Crippen molar-refractivity contribution < 1.29 is 4.79 Å². The lowest BCUT2D eigenvalue weighted by molar-refractivity contribution is -0.118. The third-order valence-corrected chi connectivity index (χ3v) is 3.84. The molecule has 7 heteroatoms. The van der Waals surface area contributed by atoms with Crippen molar-refractivity contribution in [2.45, 2.75) is 12.1 Å². The van der Waals surface area contributed by atoms with Crippen molar-refractivity contribution in [3.63, 3.8) is 0 Å². The number of aromatic amines is 1. The highest BCUT2D eigenvalue weighted by Gasteiger charge is 2.08. The summed E-state index contributed by atoms with van der Waals surface area (Å²) in [4.78, 5) is 15.1. The van der Waals surface area contributed by atoms with Crippen molar-refractivity contribution in [3.8, 4) is 11.4 Å². The Kier molecular flexibility index (Phi) is 4.98. The van der Waals surface area contributed by atoms with Gasteiger partial charge in [0.1, 0.15) is 0 Å². The summed E-state index contributed by atoms with van der Waals surface area (Å²) in [7, 11) is 0. The maximum Gasteiger partial charge on any atom is 0.216 e. The standard InChI is InChI=1S/C12H13BrN4OS/c1-8(18)14-6-7-19-12-15-11(16-17-12)9-4-2-3-5-10(9)13/h2-5H,6-7H2,1H3,(H,14,18)(H,15,16,17). The van der Waals surface area contributed by atoms with E-state index in [2.05, 4.69) is 36.4 Å². The van der Waals surface area contributed by atoms with E-state index in [1.54, 1.807) is 0 Å². The summed E-state index contributed by atoms with van der Waals surface area (Å²) >= 11 is 4.98. The number of halogens is 1. The summed E-state index contributed by atoms with van der Waals surface area (Å²) in [6.07, 6.45) is 0. The predicted octanol–water partition coefficient (Wildman–Crippen LogP) is 2.46. The fourth-order valence-corrected chi connectivity index (χ4v) is 2.58. The Morgan fingerprint density at radius 1 is 1.47 bits per heavy atom. The van der Waals surface area contributed by atoms with E-state index < -0.39 is 0 Å². The van der Waals surface area contributed by atoms with Crippen molar-refractivity contribution in [2.75, 3.05) is 12.3 Å². The van der Waals surface area contributed by atoms with Crippen LogP contribution in [0.4, 0.5) is 0 Å². The van der Waals surface area contributed by atoms with E-state index in [1.807, 2.05) is 24.3 Å². The minimum absolute atomic E-state index is 0.0236. The number of nitrogens with zero attached hydrogens (tertiary/aromatic N) is 2. The molecule has 0 aliphatic heterocycles. The largest absolute Gasteiger partial charge is 0.356 e. The summed E-state index contributed by atoms with van der Waals surface area (Å²) in [5, 5.41) is 10.5. The summed E-state index contributed by atoms with van der Waals surface area (Å²) in [5.41, 5.74) is 0.976. The van der Waals surface area contributed by atoms with Gasteiger partial charge in [0, 0.05) is 29.3 Å². The molecule has 19 heavy (non-hydrogen) atoms. The van der Waals surface area contributed by atoms with E-state index in [-0.39, 0.29) is 5.91 Å². The lowest BCUT2D eigenvalue weighted by Gasteiger charge is -1.99. The van der Waals surface area contributed by atoms with Gasteiger partial charge in [-0.05, 0) is 6.07 Å².